The molecule has 200 valence electrons. The molecule has 0 aliphatic carbocycles. The summed E-state index contributed by atoms with van der Waals surface area (Å²) in [7, 11) is 0. The fraction of sp³-hybridized carbons (Fsp3) is 0.345. The molecule has 0 spiro atoms. The van der Waals surface area contributed by atoms with E-state index in [-0.39, 0.29) is 52.7 Å². The number of hydrogen-bond donors (Lipinski definition) is 0. The normalized spacial score (nSPS) is 12.3. The molecular formula is C29H33Cl4FeN3. The summed E-state index contributed by atoms with van der Waals surface area (Å²) in [5.74, 6) is 0. The van der Waals surface area contributed by atoms with Gasteiger partial charge >= 0.3 is 17.1 Å². The van der Waals surface area contributed by atoms with Gasteiger partial charge in [0.05, 0.1) is 44.2 Å². The topological polar surface area (TPSA) is 37.6 Å². The summed E-state index contributed by atoms with van der Waals surface area (Å²) < 4.78 is 0. The molecule has 37 heavy (non-hydrogen) atoms. The van der Waals surface area contributed by atoms with Gasteiger partial charge in [-0.15, -0.1) is 0 Å². The average molecular weight is 621 g/mol. The Morgan fingerprint density at radius 3 is 1.27 bits per heavy atom. The minimum Gasteiger partial charge on any atom is -1.00 e. The van der Waals surface area contributed by atoms with Crippen LogP contribution in [0.2, 0.25) is 10.0 Å². The minimum absolute atomic E-state index is 0. The van der Waals surface area contributed by atoms with Crippen molar-refractivity contribution in [2.75, 3.05) is 0 Å². The van der Waals surface area contributed by atoms with Gasteiger partial charge in [-0.2, -0.15) is 0 Å². The molecule has 0 aliphatic rings. The van der Waals surface area contributed by atoms with E-state index < -0.39 is 0 Å². The van der Waals surface area contributed by atoms with Crippen molar-refractivity contribution in [3.63, 3.8) is 0 Å². The van der Waals surface area contributed by atoms with E-state index in [4.69, 9.17) is 38.2 Å². The van der Waals surface area contributed by atoms with Gasteiger partial charge < -0.3 is 24.8 Å². The van der Waals surface area contributed by atoms with Crippen molar-refractivity contribution in [3.8, 4) is 0 Å². The quantitative estimate of drug-likeness (QED) is 0.326. The SMILES string of the molecule is C/C(=N\c1c(Cl)cccc1C(C)(C)C)c1cccc(/C(C)=N/c2c(Cl)cccc2C(C)(C)C)n1.[Cl-].[Cl-].[Fe+2]. The maximum Gasteiger partial charge on any atom is 2.00 e. The van der Waals surface area contributed by atoms with Gasteiger partial charge in [-0.3, -0.25) is 0 Å². The molecule has 0 aliphatic heterocycles. The van der Waals surface area contributed by atoms with E-state index in [0.29, 0.717) is 10.0 Å². The van der Waals surface area contributed by atoms with Crippen LogP contribution in [0.25, 0.3) is 0 Å². The van der Waals surface area contributed by atoms with E-state index in [1.807, 2.05) is 56.3 Å². The Hall–Kier alpha value is -1.39. The molecule has 0 unspecified atom stereocenters. The first kappa shape index (κ1) is 35.6. The molecule has 3 aromatic rings. The predicted octanol–water partition coefficient (Wildman–Crippen LogP) is 3.27. The van der Waals surface area contributed by atoms with Crippen molar-refractivity contribution >= 4 is 46.0 Å². The molecule has 0 saturated heterocycles. The first-order valence-corrected chi connectivity index (χ1v) is 12.2. The molecule has 2 aromatic carbocycles. The number of nitrogens with zero attached hydrogens (tertiary/aromatic N) is 3. The second kappa shape index (κ2) is 14.1. The summed E-state index contributed by atoms with van der Waals surface area (Å²) in [5, 5.41) is 1.27. The van der Waals surface area contributed by atoms with Crippen LogP contribution >= 0.6 is 23.2 Å². The molecule has 0 bridgehead atoms. The van der Waals surface area contributed by atoms with Gasteiger partial charge in [0.15, 0.2) is 0 Å². The zero-order valence-corrected chi connectivity index (χ0v) is 26.5. The molecule has 3 nitrogen and oxygen atoms in total. The number of aromatic nitrogens is 1. The molecule has 0 saturated carbocycles. The number of halogens is 4. The van der Waals surface area contributed by atoms with Crippen molar-refractivity contribution in [2.24, 2.45) is 9.98 Å². The Labute approximate surface area is 254 Å². The summed E-state index contributed by atoms with van der Waals surface area (Å²) >= 11 is 13.1. The van der Waals surface area contributed by atoms with Gasteiger partial charge in [0.25, 0.3) is 0 Å². The smallest absolute Gasteiger partial charge is 1.00 e. The minimum atomic E-state index is -0.0811. The van der Waals surface area contributed by atoms with Crippen LogP contribution < -0.4 is 24.8 Å². The summed E-state index contributed by atoms with van der Waals surface area (Å²) in [5.41, 5.74) is 6.76. The molecule has 8 heteroatoms. The monoisotopic (exact) mass is 619 g/mol. The molecule has 1 aromatic heterocycles. The molecular weight excluding hydrogens is 588 g/mol. The second-order valence-electron chi connectivity index (χ2n) is 10.6. The van der Waals surface area contributed by atoms with Crippen molar-refractivity contribution in [2.45, 2.75) is 66.2 Å². The second-order valence-corrected chi connectivity index (χ2v) is 11.4. The van der Waals surface area contributed by atoms with Crippen LogP contribution in [0.5, 0.6) is 0 Å². The predicted molar refractivity (Wildman–Crippen MR) is 148 cm³/mol. The zero-order valence-electron chi connectivity index (χ0n) is 22.4. The molecule has 0 amide bonds. The first-order chi connectivity index (χ1) is 15.8. The Bertz CT molecular complexity index is 1180. The summed E-state index contributed by atoms with van der Waals surface area (Å²) in [6.07, 6.45) is 0. The van der Waals surface area contributed by atoms with E-state index in [9.17, 15) is 0 Å². The van der Waals surface area contributed by atoms with E-state index in [1.165, 1.54) is 0 Å². The molecule has 3 rings (SSSR count). The van der Waals surface area contributed by atoms with Crippen LogP contribution in [-0.4, -0.2) is 16.4 Å². The summed E-state index contributed by atoms with van der Waals surface area (Å²) in [6, 6.07) is 17.7. The van der Waals surface area contributed by atoms with Crippen LogP contribution in [0.1, 0.15) is 77.9 Å². The Morgan fingerprint density at radius 1 is 0.622 bits per heavy atom. The molecule has 0 N–H and O–H groups in total. The number of hydrogen-bond acceptors (Lipinski definition) is 3. The van der Waals surface area contributed by atoms with Crippen molar-refractivity contribution in [3.05, 3.63) is 87.2 Å². The number of rotatable bonds is 4. The third-order valence-corrected chi connectivity index (χ3v) is 6.25. The van der Waals surface area contributed by atoms with Crippen molar-refractivity contribution in [1.82, 2.24) is 4.98 Å². The standard InChI is InChI=1S/C29H33Cl2N3.2ClH.Fe/c1-18(32-26-20(28(3,4)5)12-9-14-22(26)30)24-16-11-17-25(34-24)19(2)33-27-21(29(6,7)8)13-10-15-23(27)31;;;/h9-17H,1-8H3;2*1H;/q;;;+2/p-2/b32-18+,33-19+;;;. The Balaban J connectivity index is 0.00000432. The Morgan fingerprint density at radius 2 is 0.946 bits per heavy atom. The zero-order chi connectivity index (χ0) is 25.3. The van der Waals surface area contributed by atoms with E-state index in [1.54, 1.807) is 0 Å². The fourth-order valence-corrected chi connectivity index (χ4v) is 4.19. The van der Waals surface area contributed by atoms with Crippen LogP contribution in [0.4, 0.5) is 11.4 Å². The van der Waals surface area contributed by atoms with Gasteiger partial charge in [0.1, 0.15) is 0 Å². The number of aliphatic imine (C=N–C) groups is 2. The van der Waals surface area contributed by atoms with Gasteiger partial charge in [-0.05, 0) is 60.1 Å². The maximum atomic E-state index is 6.55. The van der Waals surface area contributed by atoms with Gasteiger partial charge in [0.2, 0.25) is 0 Å². The fourth-order valence-electron chi connectivity index (χ4n) is 3.76. The van der Waals surface area contributed by atoms with E-state index >= 15 is 0 Å². The first-order valence-electron chi connectivity index (χ1n) is 11.5. The van der Waals surface area contributed by atoms with Crippen molar-refractivity contribution < 1.29 is 41.9 Å². The third-order valence-electron chi connectivity index (χ3n) is 5.64. The Kier molecular flexibility index (Phi) is 13.6. The van der Waals surface area contributed by atoms with E-state index in [0.717, 1.165) is 45.3 Å². The van der Waals surface area contributed by atoms with Gasteiger partial charge in [0, 0.05) is 0 Å². The molecule has 1 heterocycles. The van der Waals surface area contributed by atoms with Crippen molar-refractivity contribution in [1.29, 1.82) is 0 Å². The van der Waals surface area contributed by atoms with Gasteiger partial charge in [-0.25, -0.2) is 15.0 Å². The number of pyridine rings is 1. The van der Waals surface area contributed by atoms with Crippen LogP contribution in [0.15, 0.2) is 64.6 Å². The maximum absolute atomic E-state index is 6.55. The average Bonchev–Trinajstić information content (AvgIpc) is 2.75. The third kappa shape index (κ3) is 8.82. The van der Waals surface area contributed by atoms with Crippen LogP contribution in [0, 0.1) is 0 Å². The van der Waals surface area contributed by atoms with Crippen LogP contribution in [0.3, 0.4) is 0 Å². The summed E-state index contributed by atoms with van der Waals surface area (Å²) in [4.78, 5) is 14.7. The van der Waals surface area contributed by atoms with E-state index in [2.05, 4.69) is 53.7 Å². The molecule has 0 atom stereocenters. The largest absolute Gasteiger partial charge is 2.00 e. The molecule has 0 fully saturated rings. The number of para-hydroxylation sites is 2. The van der Waals surface area contributed by atoms with Crippen LogP contribution in [-0.2, 0) is 27.9 Å². The summed E-state index contributed by atoms with van der Waals surface area (Å²) in [6.45, 7) is 16.9. The molecule has 0 radical (unpaired) electrons. The number of benzene rings is 2. The van der Waals surface area contributed by atoms with Gasteiger partial charge in [-0.1, -0.05) is 95.1 Å².